The van der Waals surface area contributed by atoms with Crippen LogP contribution in [-0.4, -0.2) is 30.1 Å². The molecule has 0 heterocycles. The Kier molecular flexibility index (Phi) is 7.00. The third kappa shape index (κ3) is 4.73. The van der Waals surface area contributed by atoms with Gasteiger partial charge < -0.3 is 5.73 Å². The maximum absolute atomic E-state index is 6.26. The van der Waals surface area contributed by atoms with Crippen LogP contribution in [-0.2, 0) is 0 Å². The van der Waals surface area contributed by atoms with Crippen LogP contribution >= 0.6 is 0 Å². The van der Waals surface area contributed by atoms with E-state index < -0.39 is 0 Å². The van der Waals surface area contributed by atoms with Crippen molar-refractivity contribution < 1.29 is 0 Å². The molecule has 2 N–H and O–H groups in total. The number of hydrogen-bond donors (Lipinski definition) is 1. The number of likely N-dealkylation sites (N-methyl/N-ethyl adjacent to an activating group) is 1. The molecule has 0 spiro atoms. The Morgan fingerprint density at radius 1 is 1.15 bits per heavy atom. The molecule has 1 aliphatic carbocycles. The fourth-order valence-electron chi connectivity index (χ4n) is 4.29. The number of nitrogens with zero attached hydrogens (tertiary/aromatic N) is 1. The minimum absolute atomic E-state index is 0.256. The second-order valence-electron chi connectivity index (χ2n) is 8.11. The normalized spacial score (nSPS) is 29.4. The second kappa shape index (κ2) is 7.79. The number of hydrogen-bond acceptors (Lipinski definition) is 2. The zero-order chi connectivity index (χ0) is 15.3. The highest BCUT2D eigenvalue weighted by atomic mass is 15.2. The van der Waals surface area contributed by atoms with Crippen LogP contribution in [0.5, 0.6) is 0 Å². The van der Waals surface area contributed by atoms with Gasteiger partial charge in [0.05, 0.1) is 0 Å². The summed E-state index contributed by atoms with van der Waals surface area (Å²) in [4.78, 5) is 2.62. The molecule has 1 rings (SSSR count). The van der Waals surface area contributed by atoms with E-state index in [0.717, 1.165) is 24.3 Å². The van der Waals surface area contributed by atoms with Gasteiger partial charge in [0.15, 0.2) is 0 Å². The smallest absolute Gasteiger partial charge is 0.0334 e. The van der Waals surface area contributed by atoms with E-state index in [9.17, 15) is 0 Å². The van der Waals surface area contributed by atoms with Gasteiger partial charge in [0, 0.05) is 18.1 Å². The van der Waals surface area contributed by atoms with Crippen molar-refractivity contribution in [1.82, 2.24) is 4.90 Å². The Morgan fingerprint density at radius 2 is 1.80 bits per heavy atom. The lowest BCUT2D eigenvalue weighted by atomic mass is 9.71. The zero-order valence-corrected chi connectivity index (χ0v) is 14.8. The standard InChI is InChI=1S/C18H38N2/c1-14(2)10-16(5)20(6)18(13-19)9-7-8-17(12-18)11-15(3)4/h14-17H,7-13,19H2,1-6H3. The Labute approximate surface area is 127 Å². The Hall–Kier alpha value is -0.0800. The van der Waals surface area contributed by atoms with E-state index in [4.69, 9.17) is 5.73 Å². The summed E-state index contributed by atoms with van der Waals surface area (Å²) in [5, 5.41) is 0. The van der Waals surface area contributed by atoms with Gasteiger partial charge >= 0.3 is 0 Å². The van der Waals surface area contributed by atoms with E-state index in [1.807, 2.05) is 0 Å². The lowest BCUT2D eigenvalue weighted by molar-refractivity contribution is 0.0193. The molecule has 120 valence electrons. The van der Waals surface area contributed by atoms with E-state index >= 15 is 0 Å². The van der Waals surface area contributed by atoms with Crippen LogP contribution in [0.15, 0.2) is 0 Å². The van der Waals surface area contributed by atoms with Crippen LogP contribution in [0.1, 0.15) is 73.1 Å². The summed E-state index contributed by atoms with van der Waals surface area (Å²) in [6.45, 7) is 12.5. The minimum atomic E-state index is 0.256. The van der Waals surface area contributed by atoms with Crippen molar-refractivity contribution in [2.24, 2.45) is 23.5 Å². The quantitative estimate of drug-likeness (QED) is 0.755. The summed E-state index contributed by atoms with van der Waals surface area (Å²) in [6, 6.07) is 0.636. The van der Waals surface area contributed by atoms with Crippen molar-refractivity contribution in [3.8, 4) is 0 Å². The first-order valence-electron chi connectivity index (χ1n) is 8.73. The fourth-order valence-corrected chi connectivity index (χ4v) is 4.29. The van der Waals surface area contributed by atoms with E-state index in [1.165, 1.54) is 38.5 Å². The van der Waals surface area contributed by atoms with Crippen molar-refractivity contribution in [2.45, 2.75) is 84.7 Å². The third-order valence-electron chi connectivity index (χ3n) is 5.33. The topological polar surface area (TPSA) is 29.3 Å². The summed E-state index contributed by atoms with van der Waals surface area (Å²) in [5.74, 6) is 2.45. The van der Waals surface area contributed by atoms with Gasteiger partial charge in [-0.1, -0.05) is 40.5 Å². The minimum Gasteiger partial charge on any atom is -0.329 e. The van der Waals surface area contributed by atoms with Gasteiger partial charge in [-0.3, -0.25) is 4.90 Å². The SMILES string of the molecule is CC(C)CC1CCCC(CN)(N(C)C(C)CC(C)C)C1. The maximum atomic E-state index is 6.26. The summed E-state index contributed by atoms with van der Waals surface area (Å²) >= 11 is 0. The van der Waals surface area contributed by atoms with Gasteiger partial charge in [-0.05, 0) is 57.4 Å². The highest BCUT2D eigenvalue weighted by Gasteiger charge is 2.40. The first kappa shape index (κ1) is 18.0. The third-order valence-corrected chi connectivity index (χ3v) is 5.33. The van der Waals surface area contributed by atoms with E-state index in [2.05, 4.69) is 46.6 Å². The predicted molar refractivity (Wildman–Crippen MR) is 89.9 cm³/mol. The largest absolute Gasteiger partial charge is 0.329 e. The first-order valence-corrected chi connectivity index (χ1v) is 8.73. The Morgan fingerprint density at radius 3 is 2.30 bits per heavy atom. The van der Waals surface area contributed by atoms with Crippen molar-refractivity contribution >= 4 is 0 Å². The average molecular weight is 283 g/mol. The molecule has 0 aromatic rings. The molecule has 20 heavy (non-hydrogen) atoms. The van der Waals surface area contributed by atoms with Crippen LogP contribution in [0.2, 0.25) is 0 Å². The average Bonchev–Trinajstić information content (AvgIpc) is 2.36. The molecule has 0 amide bonds. The van der Waals surface area contributed by atoms with Gasteiger partial charge in [0.2, 0.25) is 0 Å². The van der Waals surface area contributed by atoms with Gasteiger partial charge in [-0.15, -0.1) is 0 Å². The molecule has 2 heteroatoms. The number of rotatable bonds is 7. The second-order valence-corrected chi connectivity index (χ2v) is 8.11. The van der Waals surface area contributed by atoms with Crippen LogP contribution in [0, 0.1) is 17.8 Å². The van der Waals surface area contributed by atoms with Crippen molar-refractivity contribution in [1.29, 1.82) is 0 Å². The molecule has 0 saturated heterocycles. The van der Waals surface area contributed by atoms with Gasteiger partial charge in [-0.25, -0.2) is 0 Å². The molecule has 3 unspecified atom stereocenters. The molecule has 0 radical (unpaired) electrons. The highest BCUT2D eigenvalue weighted by molar-refractivity contribution is 4.97. The molecule has 1 saturated carbocycles. The molecule has 1 fully saturated rings. The first-order chi connectivity index (χ1) is 9.30. The zero-order valence-electron chi connectivity index (χ0n) is 14.8. The summed E-state index contributed by atoms with van der Waals surface area (Å²) in [7, 11) is 2.32. The van der Waals surface area contributed by atoms with Crippen LogP contribution < -0.4 is 5.73 Å². The van der Waals surface area contributed by atoms with Crippen LogP contribution in [0.4, 0.5) is 0 Å². The van der Waals surface area contributed by atoms with E-state index in [-0.39, 0.29) is 5.54 Å². The molecular weight excluding hydrogens is 244 g/mol. The summed E-state index contributed by atoms with van der Waals surface area (Å²) < 4.78 is 0. The molecule has 2 nitrogen and oxygen atoms in total. The molecule has 0 aliphatic heterocycles. The van der Waals surface area contributed by atoms with Crippen LogP contribution in [0.25, 0.3) is 0 Å². The molecule has 3 atom stereocenters. The van der Waals surface area contributed by atoms with Crippen LogP contribution in [0.3, 0.4) is 0 Å². The summed E-state index contributed by atoms with van der Waals surface area (Å²) in [6.07, 6.45) is 8.00. The van der Waals surface area contributed by atoms with E-state index in [0.29, 0.717) is 6.04 Å². The van der Waals surface area contributed by atoms with Crippen molar-refractivity contribution in [2.75, 3.05) is 13.6 Å². The number of nitrogens with two attached hydrogens (primary N) is 1. The van der Waals surface area contributed by atoms with Gasteiger partial charge in [0.1, 0.15) is 0 Å². The van der Waals surface area contributed by atoms with Crippen molar-refractivity contribution in [3.05, 3.63) is 0 Å². The monoisotopic (exact) mass is 282 g/mol. The van der Waals surface area contributed by atoms with Crippen molar-refractivity contribution in [3.63, 3.8) is 0 Å². The van der Waals surface area contributed by atoms with Gasteiger partial charge in [-0.2, -0.15) is 0 Å². The van der Waals surface area contributed by atoms with Gasteiger partial charge in [0.25, 0.3) is 0 Å². The molecule has 0 bridgehead atoms. The lowest BCUT2D eigenvalue weighted by Crippen LogP contribution is -2.57. The fraction of sp³-hybridized carbons (Fsp3) is 1.00. The molecule has 0 aromatic heterocycles. The predicted octanol–water partition coefficient (Wildman–Crippen LogP) is 4.29. The molecular formula is C18H38N2. The summed E-state index contributed by atoms with van der Waals surface area (Å²) in [5.41, 5.74) is 6.52. The molecule has 1 aliphatic rings. The highest BCUT2D eigenvalue weighted by Crippen LogP contribution is 2.39. The van der Waals surface area contributed by atoms with E-state index in [1.54, 1.807) is 0 Å². The Balaban J connectivity index is 2.74. The lowest BCUT2D eigenvalue weighted by Gasteiger charge is -2.49. The molecule has 0 aromatic carbocycles. The maximum Gasteiger partial charge on any atom is 0.0334 e. The Bertz CT molecular complexity index is 267.